The molecule has 0 unspecified atom stereocenters. The van der Waals surface area contributed by atoms with Crippen LogP contribution in [0.1, 0.15) is 87.1 Å². The van der Waals surface area contributed by atoms with Gasteiger partial charge in [0, 0.05) is 51.3 Å². The van der Waals surface area contributed by atoms with Crippen molar-refractivity contribution in [3.8, 4) is 11.5 Å². The molecule has 3 aliphatic heterocycles. The second-order valence-electron chi connectivity index (χ2n) is 13.8. The van der Waals surface area contributed by atoms with E-state index >= 15 is 0 Å². The van der Waals surface area contributed by atoms with Gasteiger partial charge < -0.3 is 29.7 Å². The molecule has 2 aromatic rings. The average molecular weight is 647 g/mol. The first-order valence-corrected chi connectivity index (χ1v) is 17.6. The highest BCUT2D eigenvalue weighted by atomic mass is 16.5. The van der Waals surface area contributed by atoms with E-state index in [1.54, 1.807) is 12.1 Å². The minimum Gasteiger partial charge on any atom is -0.457 e. The van der Waals surface area contributed by atoms with E-state index in [0.29, 0.717) is 89.4 Å². The molecule has 3 heterocycles. The minimum atomic E-state index is -0.870. The lowest BCUT2D eigenvalue weighted by atomic mass is 9.77. The van der Waals surface area contributed by atoms with Crippen molar-refractivity contribution in [2.75, 3.05) is 45.9 Å². The number of nitrogens with zero attached hydrogens (tertiary/aromatic N) is 3. The Bertz CT molecular complexity index is 1380. The Kier molecular flexibility index (Phi) is 10.5. The monoisotopic (exact) mass is 646 g/mol. The molecule has 6 rings (SSSR count). The maximum absolute atomic E-state index is 13.9. The molecule has 2 N–H and O–H groups in total. The zero-order valence-electron chi connectivity index (χ0n) is 27.8. The van der Waals surface area contributed by atoms with E-state index in [1.807, 2.05) is 34.1 Å². The molecule has 3 saturated heterocycles. The molecule has 1 atom stereocenters. The fourth-order valence-electron chi connectivity index (χ4n) is 7.70. The van der Waals surface area contributed by atoms with E-state index in [-0.39, 0.29) is 17.7 Å². The fraction of sp³-hybridized carbons (Fsp3) is 0.595. The molecule has 10 heteroatoms. The first-order chi connectivity index (χ1) is 22.8. The normalized spacial score (nSPS) is 23.1. The molecule has 47 heavy (non-hydrogen) atoms. The van der Waals surface area contributed by atoms with Crippen LogP contribution in [0.3, 0.4) is 0 Å². The summed E-state index contributed by atoms with van der Waals surface area (Å²) in [5.74, 6) is 1.31. The number of benzene rings is 2. The number of carbonyl (C=O) groups is 3. The standard InChI is InChI=1S/C37H50N4O6/c1-2-3-19-41-34(43)32(26-36(45)15-5-4-6-16-36)38-35(44)37(41)17-20-39(21-18-37)27-28-7-11-30(12-8-28)47-31-13-9-29(10-14-31)33(42)40-22-24-46-25-23-40/h7-14,32,45H,2-6,15-27H2,1H3,(H,38,44)/t32-/m1/s1. The average Bonchev–Trinajstić information content (AvgIpc) is 3.09. The van der Waals surface area contributed by atoms with Crippen molar-refractivity contribution in [2.24, 2.45) is 0 Å². The number of piperidine rings is 1. The van der Waals surface area contributed by atoms with Gasteiger partial charge in [0.2, 0.25) is 11.8 Å². The summed E-state index contributed by atoms with van der Waals surface area (Å²) in [6.07, 6.45) is 7.73. The van der Waals surface area contributed by atoms with Crippen molar-refractivity contribution in [3.05, 3.63) is 59.7 Å². The summed E-state index contributed by atoms with van der Waals surface area (Å²) < 4.78 is 11.4. The highest BCUT2D eigenvalue weighted by Crippen LogP contribution is 2.38. The highest BCUT2D eigenvalue weighted by Gasteiger charge is 2.54. The van der Waals surface area contributed by atoms with Gasteiger partial charge in [-0.1, -0.05) is 44.7 Å². The molecule has 254 valence electrons. The van der Waals surface area contributed by atoms with Crippen LogP contribution in [0, 0.1) is 0 Å². The summed E-state index contributed by atoms with van der Waals surface area (Å²) in [5, 5.41) is 14.2. The van der Waals surface area contributed by atoms with Gasteiger partial charge in [0.1, 0.15) is 23.1 Å². The molecular weight excluding hydrogens is 596 g/mol. The number of piperazine rings is 1. The number of ether oxygens (including phenoxy) is 2. The van der Waals surface area contributed by atoms with Gasteiger partial charge in [-0.15, -0.1) is 0 Å². The van der Waals surface area contributed by atoms with Crippen LogP contribution < -0.4 is 10.1 Å². The van der Waals surface area contributed by atoms with Crippen LogP contribution >= 0.6 is 0 Å². The number of morpholine rings is 1. The van der Waals surface area contributed by atoms with Crippen LogP contribution in [-0.2, 0) is 20.9 Å². The van der Waals surface area contributed by atoms with E-state index in [2.05, 4.69) is 29.3 Å². The number of hydrogen-bond acceptors (Lipinski definition) is 7. The third-order valence-corrected chi connectivity index (χ3v) is 10.6. The number of rotatable bonds is 10. The molecule has 2 aromatic carbocycles. The molecule has 0 aromatic heterocycles. The minimum absolute atomic E-state index is 0.00989. The topological polar surface area (TPSA) is 112 Å². The summed E-state index contributed by atoms with van der Waals surface area (Å²) in [6.45, 7) is 7.22. The second-order valence-corrected chi connectivity index (χ2v) is 13.8. The Morgan fingerprint density at radius 3 is 2.19 bits per heavy atom. The number of amides is 3. The molecule has 4 fully saturated rings. The lowest BCUT2D eigenvalue weighted by Crippen LogP contribution is -2.73. The van der Waals surface area contributed by atoms with Gasteiger partial charge in [0.25, 0.3) is 5.91 Å². The summed E-state index contributed by atoms with van der Waals surface area (Å²) in [7, 11) is 0. The van der Waals surface area contributed by atoms with Crippen LogP contribution in [0.25, 0.3) is 0 Å². The molecule has 0 radical (unpaired) electrons. The molecule has 1 spiro atoms. The molecule has 1 aliphatic carbocycles. The van der Waals surface area contributed by atoms with Gasteiger partial charge in [0.05, 0.1) is 18.8 Å². The number of hydrogen-bond donors (Lipinski definition) is 2. The van der Waals surface area contributed by atoms with Crippen molar-refractivity contribution in [1.82, 2.24) is 20.0 Å². The Labute approximate surface area is 278 Å². The van der Waals surface area contributed by atoms with E-state index in [9.17, 15) is 19.5 Å². The molecule has 4 aliphatic rings. The third kappa shape index (κ3) is 7.66. The van der Waals surface area contributed by atoms with Crippen molar-refractivity contribution >= 4 is 17.7 Å². The van der Waals surface area contributed by atoms with Crippen molar-refractivity contribution in [2.45, 2.75) is 94.9 Å². The smallest absolute Gasteiger partial charge is 0.254 e. The summed E-state index contributed by atoms with van der Waals surface area (Å²) in [4.78, 5) is 46.4. The van der Waals surface area contributed by atoms with Gasteiger partial charge in [-0.2, -0.15) is 0 Å². The van der Waals surface area contributed by atoms with Crippen LogP contribution in [0.2, 0.25) is 0 Å². The Morgan fingerprint density at radius 1 is 0.915 bits per heavy atom. The predicted octanol–water partition coefficient (Wildman–Crippen LogP) is 4.50. The highest BCUT2D eigenvalue weighted by molar-refractivity contribution is 6.00. The number of aliphatic hydroxyl groups is 1. The van der Waals surface area contributed by atoms with Gasteiger partial charge in [-0.3, -0.25) is 19.3 Å². The van der Waals surface area contributed by atoms with Crippen molar-refractivity contribution < 1.29 is 29.0 Å². The molecule has 1 saturated carbocycles. The van der Waals surface area contributed by atoms with Crippen molar-refractivity contribution in [1.29, 1.82) is 0 Å². The van der Waals surface area contributed by atoms with E-state index in [0.717, 1.165) is 50.0 Å². The summed E-state index contributed by atoms with van der Waals surface area (Å²) >= 11 is 0. The zero-order valence-corrected chi connectivity index (χ0v) is 27.8. The molecular formula is C37H50N4O6. The summed E-state index contributed by atoms with van der Waals surface area (Å²) in [5.41, 5.74) is 0.0891. The number of likely N-dealkylation sites (tertiary alicyclic amines) is 1. The molecule has 10 nitrogen and oxygen atoms in total. The quantitative estimate of drug-likeness (QED) is 0.391. The van der Waals surface area contributed by atoms with Gasteiger partial charge >= 0.3 is 0 Å². The lowest BCUT2D eigenvalue weighted by Gasteiger charge is -2.52. The van der Waals surface area contributed by atoms with Gasteiger partial charge in [-0.05, 0) is 74.1 Å². The predicted molar refractivity (Wildman–Crippen MR) is 178 cm³/mol. The van der Waals surface area contributed by atoms with Crippen LogP contribution in [0.4, 0.5) is 0 Å². The molecule has 0 bridgehead atoms. The Balaban J connectivity index is 1.03. The fourth-order valence-corrected chi connectivity index (χ4v) is 7.70. The second kappa shape index (κ2) is 14.7. The Morgan fingerprint density at radius 2 is 1.55 bits per heavy atom. The van der Waals surface area contributed by atoms with E-state index in [4.69, 9.17) is 9.47 Å². The number of carbonyl (C=O) groups excluding carboxylic acids is 3. The van der Waals surface area contributed by atoms with Gasteiger partial charge in [0.15, 0.2) is 0 Å². The SMILES string of the molecule is CCCCN1C(=O)[C@@H](CC2(O)CCCCC2)NC(=O)C12CCN(Cc1ccc(Oc3ccc(C(=O)N4CCOCC4)cc3)cc1)CC2. The van der Waals surface area contributed by atoms with Crippen LogP contribution in [-0.4, -0.2) is 101 Å². The summed E-state index contributed by atoms with van der Waals surface area (Å²) in [6, 6.07) is 14.6. The molecule has 3 amide bonds. The first kappa shape index (κ1) is 33.4. The number of nitrogens with one attached hydrogen (secondary N) is 1. The van der Waals surface area contributed by atoms with Gasteiger partial charge in [-0.25, -0.2) is 0 Å². The maximum Gasteiger partial charge on any atom is 0.254 e. The zero-order chi connectivity index (χ0) is 32.9. The number of unbranched alkanes of at least 4 members (excludes halogenated alkanes) is 1. The van der Waals surface area contributed by atoms with Crippen LogP contribution in [0.15, 0.2) is 48.5 Å². The maximum atomic E-state index is 13.9. The largest absolute Gasteiger partial charge is 0.457 e. The lowest BCUT2D eigenvalue weighted by molar-refractivity contribution is -0.163. The van der Waals surface area contributed by atoms with E-state index in [1.165, 1.54) is 0 Å². The van der Waals surface area contributed by atoms with E-state index < -0.39 is 17.2 Å². The van der Waals surface area contributed by atoms with Crippen LogP contribution in [0.5, 0.6) is 11.5 Å². The first-order valence-electron chi connectivity index (χ1n) is 17.6. The van der Waals surface area contributed by atoms with Crippen molar-refractivity contribution in [3.63, 3.8) is 0 Å². The third-order valence-electron chi connectivity index (χ3n) is 10.6. The Hall–Kier alpha value is -3.47.